The second-order valence-corrected chi connectivity index (χ2v) is 7.28. The summed E-state index contributed by atoms with van der Waals surface area (Å²) in [5.74, 6) is 2.07. The molecule has 0 aliphatic heterocycles. The highest BCUT2D eigenvalue weighted by Gasteiger charge is 2.25. The average Bonchev–Trinajstić information content (AvgIpc) is 2.93. The van der Waals surface area contributed by atoms with Gasteiger partial charge in [0.2, 0.25) is 0 Å². The molecule has 0 heterocycles. The third-order valence-corrected chi connectivity index (χ3v) is 5.41. The summed E-state index contributed by atoms with van der Waals surface area (Å²) < 4.78 is 0. The lowest BCUT2D eigenvalue weighted by atomic mass is 9.93. The van der Waals surface area contributed by atoms with Crippen LogP contribution >= 0.6 is 0 Å². The van der Waals surface area contributed by atoms with Crippen LogP contribution in [0.4, 0.5) is 5.69 Å². The van der Waals surface area contributed by atoms with E-state index < -0.39 is 0 Å². The van der Waals surface area contributed by atoms with Crippen molar-refractivity contribution in [3.05, 3.63) is 41.6 Å². The van der Waals surface area contributed by atoms with Crippen molar-refractivity contribution in [2.45, 2.75) is 72.1 Å². The number of hydrogen-bond donors (Lipinski definition) is 1. The lowest BCUT2D eigenvalue weighted by Gasteiger charge is -2.22. The van der Waals surface area contributed by atoms with Crippen LogP contribution in [-0.4, -0.2) is 0 Å². The lowest BCUT2D eigenvalue weighted by molar-refractivity contribution is 0.483. The van der Waals surface area contributed by atoms with Gasteiger partial charge < -0.3 is 5.32 Å². The van der Waals surface area contributed by atoms with E-state index in [9.17, 15) is 0 Å². The molecular formula is C21H33N. The van der Waals surface area contributed by atoms with Gasteiger partial charge in [-0.3, -0.25) is 0 Å². The summed E-state index contributed by atoms with van der Waals surface area (Å²) in [4.78, 5) is 0. The Labute approximate surface area is 137 Å². The Morgan fingerprint density at radius 2 is 2.14 bits per heavy atom. The summed E-state index contributed by atoms with van der Waals surface area (Å²) in [5.41, 5.74) is 5.25. The molecule has 22 heavy (non-hydrogen) atoms. The molecule has 0 spiro atoms. The molecule has 1 N–H and O–H groups in total. The molecule has 1 aliphatic carbocycles. The van der Waals surface area contributed by atoms with Crippen LogP contribution in [0.25, 0.3) is 0 Å². The zero-order valence-electron chi connectivity index (χ0n) is 14.9. The Balaban J connectivity index is 2.01. The third-order valence-electron chi connectivity index (χ3n) is 5.41. The van der Waals surface area contributed by atoms with Gasteiger partial charge in [-0.2, -0.15) is 0 Å². The molecular weight excluding hydrogens is 266 g/mol. The SMILES string of the molecule is C=C(Nc1ccc(C(C)CCCC)cc1C)C1CCCC1C. The van der Waals surface area contributed by atoms with Crippen LogP contribution in [0.3, 0.4) is 0 Å². The number of hydrogen-bond acceptors (Lipinski definition) is 1. The van der Waals surface area contributed by atoms with E-state index in [0.717, 1.165) is 5.92 Å². The van der Waals surface area contributed by atoms with E-state index in [1.165, 1.54) is 61.0 Å². The van der Waals surface area contributed by atoms with Crippen molar-refractivity contribution >= 4 is 5.69 Å². The molecule has 0 bridgehead atoms. The highest BCUT2D eigenvalue weighted by atomic mass is 14.9. The fraction of sp³-hybridized carbons (Fsp3) is 0.619. The number of allylic oxidation sites excluding steroid dienone is 1. The summed E-state index contributed by atoms with van der Waals surface area (Å²) in [7, 11) is 0. The second kappa shape index (κ2) is 7.85. The van der Waals surface area contributed by atoms with Gasteiger partial charge in [0.15, 0.2) is 0 Å². The van der Waals surface area contributed by atoms with Crippen LogP contribution in [-0.2, 0) is 0 Å². The van der Waals surface area contributed by atoms with Gasteiger partial charge in [-0.05, 0) is 48.8 Å². The first-order chi connectivity index (χ1) is 10.5. The molecule has 1 nitrogen and oxygen atoms in total. The highest BCUT2D eigenvalue weighted by Crippen LogP contribution is 2.36. The monoisotopic (exact) mass is 299 g/mol. The normalized spacial score (nSPS) is 22.5. The maximum absolute atomic E-state index is 4.31. The lowest BCUT2D eigenvalue weighted by Crippen LogP contribution is -2.14. The molecule has 1 aromatic carbocycles. The van der Waals surface area contributed by atoms with Crippen molar-refractivity contribution < 1.29 is 0 Å². The van der Waals surface area contributed by atoms with Crippen molar-refractivity contribution in [2.24, 2.45) is 11.8 Å². The quantitative estimate of drug-likeness (QED) is 0.594. The summed E-state index contributed by atoms with van der Waals surface area (Å²) >= 11 is 0. The van der Waals surface area contributed by atoms with Crippen LogP contribution in [0.2, 0.25) is 0 Å². The van der Waals surface area contributed by atoms with E-state index in [0.29, 0.717) is 11.8 Å². The van der Waals surface area contributed by atoms with Crippen molar-refractivity contribution in [3.8, 4) is 0 Å². The molecule has 2 rings (SSSR count). The maximum Gasteiger partial charge on any atom is 0.0411 e. The van der Waals surface area contributed by atoms with E-state index >= 15 is 0 Å². The van der Waals surface area contributed by atoms with E-state index in [-0.39, 0.29) is 0 Å². The molecule has 1 fully saturated rings. The van der Waals surface area contributed by atoms with Gasteiger partial charge in [-0.15, -0.1) is 0 Å². The number of aryl methyl sites for hydroxylation is 1. The first kappa shape index (κ1) is 17.1. The van der Waals surface area contributed by atoms with Crippen LogP contribution in [0.5, 0.6) is 0 Å². The fourth-order valence-corrected chi connectivity index (χ4v) is 3.74. The van der Waals surface area contributed by atoms with Crippen LogP contribution in [0, 0.1) is 18.8 Å². The Hall–Kier alpha value is -1.24. The Morgan fingerprint density at radius 3 is 2.73 bits per heavy atom. The molecule has 0 amide bonds. The van der Waals surface area contributed by atoms with Gasteiger partial charge in [0.1, 0.15) is 0 Å². The van der Waals surface area contributed by atoms with Crippen LogP contribution < -0.4 is 5.32 Å². The Morgan fingerprint density at radius 1 is 1.36 bits per heavy atom. The molecule has 1 aromatic rings. The smallest absolute Gasteiger partial charge is 0.0411 e. The van der Waals surface area contributed by atoms with E-state index in [2.05, 4.69) is 57.8 Å². The van der Waals surface area contributed by atoms with Crippen molar-refractivity contribution in [3.63, 3.8) is 0 Å². The number of anilines is 1. The topological polar surface area (TPSA) is 12.0 Å². The maximum atomic E-state index is 4.31. The first-order valence-corrected chi connectivity index (χ1v) is 9.09. The Kier molecular flexibility index (Phi) is 6.11. The van der Waals surface area contributed by atoms with Gasteiger partial charge in [-0.1, -0.05) is 65.2 Å². The average molecular weight is 300 g/mol. The van der Waals surface area contributed by atoms with Gasteiger partial charge >= 0.3 is 0 Å². The van der Waals surface area contributed by atoms with Crippen molar-refractivity contribution in [2.75, 3.05) is 5.32 Å². The predicted octanol–water partition coefficient (Wildman–Crippen LogP) is 6.65. The molecule has 1 aliphatic rings. The zero-order chi connectivity index (χ0) is 16.1. The van der Waals surface area contributed by atoms with Gasteiger partial charge in [0.05, 0.1) is 0 Å². The molecule has 1 saturated carbocycles. The minimum Gasteiger partial charge on any atom is -0.359 e. The molecule has 0 radical (unpaired) electrons. The van der Waals surface area contributed by atoms with Crippen molar-refractivity contribution in [1.29, 1.82) is 0 Å². The molecule has 0 aromatic heterocycles. The minimum atomic E-state index is 0.641. The van der Waals surface area contributed by atoms with Crippen LogP contribution in [0.1, 0.15) is 76.3 Å². The third kappa shape index (κ3) is 4.15. The summed E-state index contributed by atoms with van der Waals surface area (Å²) in [6, 6.07) is 6.90. The molecule has 3 atom stereocenters. The molecule has 0 saturated heterocycles. The zero-order valence-corrected chi connectivity index (χ0v) is 14.9. The molecule has 122 valence electrons. The standard InChI is InChI=1S/C21H33N/c1-6-7-9-15(2)19-12-13-21(17(4)14-19)22-18(5)20-11-8-10-16(20)3/h12-16,20,22H,5-11H2,1-4H3. The van der Waals surface area contributed by atoms with Crippen molar-refractivity contribution in [1.82, 2.24) is 0 Å². The van der Waals surface area contributed by atoms with Gasteiger partial charge in [0.25, 0.3) is 0 Å². The summed E-state index contributed by atoms with van der Waals surface area (Å²) in [6.07, 6.45) is 7.86. The van der Waals surface area contributed by atoms with Crippen LogP contribution in [0.15, 0.2) is 30.5 Å². The summed E-state index contributed by atoms with van der Waals surface area (Å²) in [6.45, 7) is 13.5. The number of nitrogens with one attached hydrogen (secondary N) is 1. The van der Waals surface area contributed by atoms with E-state index in [4.69, 9.17) is 0 Å². The largest absolute Gasteiger partial charge is 0.359 e. The predicted molar refractivity (Wildman–Crippen MR) is 98.4 cm³/mol. The van der Waals surface area contributed by atoms with Gasteiger partial charge in [0, 0.05) is 17.3 Å². The Bertz CT molecular complexity index is 503. The fourth-order valence-electron chi connectivity index (χ4n) is 3.74. The molecule has 1 heteroatoms. The number of benzene rings is 1. The number of unbranched alkanes of at least 4 members (excludes halogenated alkanes) is 1. The van der Waals surface area contributed by atoms with E-state index in [1.807, 2.05) is 0 Å². The second-order valence-electron chi connectivity index (χ2n) is 7.28. The number of rotatable bonds is 7. The first-order valence-electron chi connectivity index (χ1n) is 9.09. The summed E-state index contributed by atoms with van der Waals surface area (Å²) in [5, 5.41) is 3.60. The highest BCUT2D eigenvalue weighted by molar-refractivity contribution is 5.56. The van der Waals surface area contributed by atoms with Gasteiger partial charge in [-0.25, -0.2) is 0 Å². The minimum absolute atomic E-state index is 0.641. The molecule has 3 unspecified atom stereocenters. The van der Waals surface area contributed by atoms with E-state index in [1.54, 1.807) is 0 Å².